The van der Waals surface area contributed by atoms with Crippen molar-refractivity contribution in [3.63, 3.8) is 0 Å². The number of benzene rings is 3. The number of fused-ring (bicyclic) bond motifs is 6. The van der Waals surface area contributed by atoms with Gasteiger partial charge < -0.3 is 0 Å². The van der Waals surface area contributed by atoms with Crippen molar-refractivity contribution in [1.82, 2.24) is 5.06 Å². The van der Waals surface area contributed by atoms with Gasteiger partial charge in [-0.05, 0) is 60.4 Å². The summed E-state index contributed by atoms with van der Waals surface area (Å²) in [6, 6.07) is 16.9. The molecule has 0 bridgehead atoms. The maximum Gasteiger partial charge on any atom is 0.0705 e. The van der Waals surface area contributed by atoms with Crippen molar-refractivity contribution in [2.45, 2.75) is 38.8 Å². The van der Waals surface area contributed by atoms with Crippen LogP contribution in [0.15, 0.2) is 48.5 Å². The minimum absolute atomic E-state index is 0.525. The maximum atomic E-state index is 13.0. The van der Waals surface area contributed by atoms with Gasteiger partial charge in [0.2, 0.25) is 0 Å². The van der Waals surface area contributed by atoms with Gasteiger partial charge in [0, 0.05) is 0 Å². The Bertz CT molecular complexity index is 833. The van der Waals surface area contributed by atoms with Crippen LogP contribution in [0.5, 0.6) is 0 Å². The van der Waals surface area contributed by atoms with Crippen LogP contribution in [0.25, 0.3) is 21.5 Å². The lowest BCUT2D eigenvalue weighted by molar-refractivity contribution is -0.265. The van der Waals surface area contributed by atoms with Gasteiger partial charge in [-0.15, -0.1) is 10.3 Å². The van der Waals surface area contributed by atoms with E-state index in [1.807, 2.05) is 27.7 Å². The van der Waals surface area contributed by atoms with E-state index in [9.17, 15) is 5.21 Å². The van der Waals surface area contributed by atoms with Crippen LogP contribution < -0.4 is 0 Å². The second-order valence-electron chi connectivity index (χ2n) is 7.25. The second-order valence-corrected chi connectivity index (χ2v) is 7.25. The second kappa shape index (κ2) is 4.09. The minimum atomic E-state index is -0.525. The average Bonchev–Trinajstić information content (AvgIpc) is 2.66. The first-order chi connectivity index (χ1) is 10.4. The molecular formula is C20H20NO. The molecule has 0 aliphatic carbocycles. The quantitative estimate of drug-likeness (QED) is 0.527. The fourth-order valence-electron chi connectivity index (χ4n) is 4.31. The zero-order valence-corrected chi connectivity index (χ0v) is 13.5. The summed E-state index contributed by atoms with van der Waals surface area (Å²) in [6.45, 7) is 8.15. The Hall–Kier alpha value is -1.90. The van der Waals surface area contributed by atoms with Gasteiger partial charge in [-0.3, -0.25) is 0 Å². The highest BCUT2D eigenvalue weighted by molar-refractivity contribution is 6.11. The largest absolute Gasteiger partial charge is 0.135 e. The number of nitrogens with zero attached hydrogens (tertiary/aromatic N) is 1. The van der Waals surface area contributed by atoms with Crippen molar-refractivity contribution in [3.05, 3.63) is 59.7 Å². The van der Waals surface area contributed by atoms with Crippen LogP contribution in [0.2, 0.25) is 0 Å². The number of hydrogen-bond acceptors (Lipinski definition) is 1. The molecule has 0 spiro atoms. The zero-order chi connectivity index (χ0) is 15.7. The molecule has 1 heterocycles. The molecule has 0 atom stereocenters. The molecule has 2 nitrogen and oxygen atoms in total. The molecule has 22 heavy (non-hydrogen) atoms. The van der Waals surface area contributed by atoms with Gasteiger partial charge in [0.1, 0.15) is 0 Å². The highest BCUT2D eigenvalue weighted by atomic mass is 16.5. The molecule has 1 aliphatic heterocycles. The van der Waals surface area contributed by atoms with Crippen LogP contribution in [0.1, 0.15) is 38.8 Å². The smallest absolute Gasteiger partial charge is 0.0705 e. The lowest BCUT2D eigenvalue weighted by Crippen LogP contribution is -2.41. The van der Waals surface area contributed by atoms with Crippen molar-refractivity contribution >= 4 is 21.5 Å². The fourth-order valence-corrected chi connectivity index (χ4v) is 4.31. The van der Waals surface area contributed by atoms with E-state index in [2.05, 4.69) is 48.5 Å². The Morgan fingerprint density at radius 3 is 1.32 bits per heavy atom. The Morgan fingerprint density at radius 2 is 0.955 bits per heavy atom. The standard InChI is InChI=1S/C20H20NO/c1-19(2)17-15-11-7-5-9-13(15)14-10-6-8-12-16(14)18(17)20(3,4)21(19)22/h5-12H,1-4H3. The predicted molar refractivity (Wildman–Crippen MR) is 90.0 cm³/mol. The SMILES string of the molecule is CC1(C)c2c(c3ccccc3c3ccccc23)C(C)(C)N1[O]. The summed E-state index contributed by atoms with van der Waals surface area (Å²) in [6.07, 6.45) is 0. The molecule has 0 aromatic heterocycles. The first-order valence-electron chi connectivity index (χ1n) is 7.78. The monoisotopic (exact) mass is 290 g/mol. The highest BCUT2D eigenvalue weighted by Crippen LogP contribution is 2.53. The first-order valence-corrected chi connectivity index (χ1v) is 7.78. The molecule has 0 fully saturated rings. The number of rotatable bonds is 0. The van der Waals surface area contributed by atoms with Crippen molar-refractivity contribution < 1.29 is 5.21 Å². The summed E-state index contributed by atoms with van der Waals surface area (Å²) >= 11 is 0. The van der Waals surface area contributed by atoms with Crippen molar-refractivity contribution in [1.29, 1.82) is 0 Å². The average molecular weight is 290 g/mol. The molecular weight excluding hydrogens is 270 g/mol. The summed E-state index contributed by atoms with van der Waals surface area (Å²) in [7, 11) is 0. The van der Waals surface area contributed by atoms with Gasteiger partial charge in [0.05, 0.1) is 11.1 Å². The molecule has 0 saturated heterocycles. The molecule has 4 rings (SSSR count). The van der Waals surface area contributed by atoms with Gasteiger partial charge in [0.25, 0.3) is 0 Å². The van der Waals surface area contributed by atoms with E-state index < -0.39 is 11.1 Å². The molecule has 0 unspecified atom stereocenters. The van der Waals surface area contributed by atoms with E-state index in [1.54, 1.807) is 0 Å². The lowest BCUT2D eigenvalue weighted by atomic mass is 9.82. The van der Waals surface area contributed by atoms with Gasteiger partial charge in [0.15, 0.2) is 0 Å². The molecule has 0 N–H and O–H groups in total. The Morgan fingerprint density at radius 1 is 0.636 bits per heavy atom. The topological polar surface area (TPSA) is 23.1 Å². The van der Waals surface area contributed by atoms with Crippen LogP contribution >= 0.6 is 0 Å². The summed E-state index contributed by atoms with van der Waals surface area (Å²) in [4.78, 5) is 0. The summed E-state index contributed by atoms with van der Waals surface area (Å²) in [5, 5.41) is 19.1. The molecule has 0 saturated carbocycles. The Kier molecular flexibility index (Phi) is 2.56. The molecule has 3 aromatic rings. The molecule has 111 valence electrons. The molecule has 0 amide bonds. The van der Waals surface area contributed by atoms with E-state index in [-0.39, 0.29) is 0 Å². The van der Waals surface area contributed by atoms with Crippen LogP contribution in [0.4, 0.5) is 0 Å². The van der Waals surface area contributed by atoms with Gasteiger partial charge >= 0.3 is 0 Å². The molecule has 1 radical (unpaired) electrons. The lowest BCUT2D eigenvalue weighted by Gasteiger charge is -2.32. The predicted octanol–water partition coefficient (Wildman–Crippen LogP) is 5.12. The summed E-state index contributed by atoms with van der Waals surface area (Å²) < 4.78 is 0. The Balaban J connectivity index is 2.35. The van der Waals surface area contributed by atoms with E-state index in [0.717, 1.165) is 0 Å². The summed E-state index contributed by atoms with van der Waals surface area (Å²) in [5.41, 5.74) is 1.31. The van der Waals surface area contributed by atoms with Gasteiger partial charge in [-0.1, -0.05) is 48.5 Å². The van der Waals surface area contributed by atoms with Gasteiger partial charge in [-0.25, -0.2) is 0 Å². The normalized spacial score (nSPS) is 19.7. The van der Waals surface area contributed by atoms with Crippen LogP contribution in [0, 0.1) is 0 Å². The van der Waals surface area contributed by atoms with Crippen molar-refractivity contribution in [3.8, 4) is 0 Å². The van der Waals surface area contributed by atoms with E-state index in [4.69, 9.17) is 0 Å². The van der Waals surface area contributed by atoms with E-state index >= 15 is 0 Å². The Labute approximate surface area is 130 Å². The number of hydroxylamine groups is 2. The third-order valence-electron chi connectivity index (χ3n) is 5.17. The van der Waals surface area contributed by atoms with Crippen LogP contribution in [0.3, 0.4) is 0 Å². The third-order valence-corrected chi connectivity index (χ3v) is 5.17. The van der Waals surface area contributed by atoms with Crippen molar-refractivity contribution in [2.24, 2.45) is 0 Å². The highest BCUT2D eigenvalue weighted by Gasteiger charge is 2.51. The number of hydrogen-bond donors (Lipinski definition) is 0. The molecule has 3 aromatic carbocycles. The summed E-state index contributed by atoms with van der Waals surface area (Å²) in [5.74, 6) is 0. The van der Waals surface area contributed by atoms with E-state index in [0.29, 0.717) is 0 Å². The van der Waals surface area contributed by atoms with Crippen LogP contribution in [-0.2, 0) is 16.3 Å². The minimum Gasteiger partial charge on any atom is -0.135 e. The third kappa shape index (κ3) is 1.47. The van der Waals surface area contributed by atoms with E-state index in [1.165, 1.54) is 37.7 Å². The van der Waals surface area contributed by atoms with Crippen molar-refractivity contribution in [2.75, 3.05) is 0 Å². The zero-order valence-electron chi connectivity index (χ0n) is 13.5. The fraction of sp³-hybridized carbons (Fsp3) is 0.300. The first kappa shape index (κ1) is 13.7. The van der Waals surface area contributed by atoms with Gasteiger partial charge in [-0.2, -0.15) is 0 Å². The molecule has 2 heteroatoms. The van der Waals surface area contributed by atoms with Crippen LogP contribution in [-0.4, -0.2) is 5.06 Å². The maximum absolute atomic E-state index is 13.0. The molecule has 1 aliphatic rings.